The minimum atomic E-state index is -0.278. The number of rotatable bonds is 3. The number of H-pyrrole nitrogens is 1. The fourth-order valence-corrected chi connectivity index (χ4v) is 5.26. The van der Waals surface area contributed by atoms with E-state index in [9.17, 15) is 14.0 Å². The van der Waals surface area contributed by atoms with Crippen LogP contribution in [0.4, 0.5) is 15.9 Å². The summed E-state index contributed by atoms with van der Waals surface area (Å²) in [5.74, 6) is -0.181. The fourth-order valence-electron chi connectivity index (χ4n) is 4.35. The van der Waals surface area contributed by atoms with Gasteiger partial charge in [-0.05, 0) is 77.9 Å². The molecule has 0 radical (unpaired) electrons. The fraction of sp³-hybridized carbons (Fsp3) is 0.208. The highest BCUT2D eigenvalue weighted by Crippen LogP contribution is 2.32. The molecule has 168 valence electrons. The highest BCUT2D eigenvalue weighted by molar-refractivity contribution is 14.1. The molecule has 0 unspecified atom stereocenters. The third kappa shape index (κ3) is 4.35. The lowest BCUT2D eigenvalue weighted by molar-refractivity contribution is -0.120. The van der Waals surface area contributed by atoms with Crippen LogP contribution in [-0.2, 0) is 4.79 Å². The molecule has 1 saturated heterocycles. The molecule has 0 bridgehead atoms. The summed E-state index contributed by atoms with van der Waals surface area (Å²) in [6, 6.07) is 11.9. The van der Waals surface area contributed by atoms with E-state index in [4.69, 9.17) is 0 Å². The Hall–Kier alpha value is -2.53. The Morgan fingerprint density at radius 2 is 2.00 bits per heavy atom. The van der Waals surface area contributed by atoms with Crippen molar-refractivity contribution >= 4 is 77.6 Å². The van der Waals surface area contributed by atoms with Gasteiger partial charge in [-0.1, -0.05) is 15.9 Å². The number of aromatic nitrogens is 2. The summed E-state index contributed by atoms with van der Waals surface area (Å²) in [5, 5.41) is 4.95. The summed E-state index contributed by atoms with van der Waals surface area (Å²) in [6.07, 6.45) is 3.24. The predicted octanol–water partition coefficient (Wildman–Crippen LogP) is 5.44. The molecule has 1 atom stereocenters. The van der Waals surface area contributed by atoms with E-state index in [2.05, 4.69) is 58.7 Å². The topological polar surface area (TPSA) is 78.1 Å². The van der Waals surface area contributed by atoms with E-state index in [1.807, 2.05) is 18.2 Å². The molecule has 0 aliphatic carbocycles. The number of piperidine rings is 1. The van der Waals surface area contributed by atoms with Gasteiger partial charge in [0.2, 0.25) is 5.91 Å². The summed E-state index contributed by atoms with van der Waals surface area (Å²) < 4.78 is 14.9. The molecule has 4 aromatic rings. The average Bonchev–Trinajstić information content (AvgIpc) is 2.81. The monoisotopic (exact) mass is 620 g/mol. The Kier molecular flexibility index (Phi) is 6.09. The standard InChI is InChI=1S/C24H19BrFIN4O2/c25-14-3-8-17-18(10-14)20-21(19(27)11-28-24(20)33)29-22(17)30-23(32)13-2-1-9-31(12-13)16-6-4-15(26)5-7-16/h3-8,10-11,13H,1-2,9,12H2,(H,28,33)(H,29,30,32)/t13-/m0/s1. The van der Waals surface area contributed by atoms with E-state index >= 15 is 0 Å². The molecule has 2 aromatic carbocycles. The van der Waals surface area contributed by atoms with Gasteiger partial charge in [0, 0.05) is 40.2 Å². The van der Waals surface area contributed by atoms with Crippen LogP contribution in [0, 0.1) is 15.3 Å². The van der Waals surface area contributed by atoms with Gasteiger partial charge in [0.1, 0.15) is 11.6 Å². The quantitative estimate of drug-likeness (QED) is 0.236. The average molecular weight is 621 g/mol. The van der Waals surface area contributed by atoms with Crippen LogP contribution in [0.3, 0.4) is 0 Å². The number of halogens is 3. The summed E-state index contributed by atoms with van der Waals surface area (Å²) in [4.78, 5) is 35.4. The number of carbonyl (C=O) groups is 1. The zero-order valence-corrected chi connectivity index (χ0v) is 21.1. The van der Waals surface area contributed by atoms with Crippen molar-refractivity contribution in [1.82, 2.24) is 9.97 Å². The van der Waals surface area contributed by atoms with Crippen molar-refractivity contribution < 1.29 is 9.18 Å². The minimum absolute atomic E-state index is 0.113. The number of hydrogen-bond donors (Lipinski definition) is 2. The van der Waals surface area contributed by atoms with Gasteiger partial charge in [0.15, 0.2) is 0 Å². The van der Waals surface area contributed by atoms with Crippen LogP contribution < -0.4 is 15.8 Å². The maximum absolute atomic E-state index is 13.3. The highest BCUT2D eigenvalue weighted by atomic mass is 127. The number of carbonyl (C=O) groups excluding carboxylic acids is 1. The molecule has 33 heavy (non-hydrogen) atoms. The molecule has 0 saturated carbocycles. The molecule has 1 amide bonds. The molecule has 1 aliphatic rings. The lowest BCUT2D eigenvalue weighted by Gasteiger charge is -2.33. The first-order valence-electron chi connectivity index (χ1n) is 10.5. The lowest BCUT2D eigenvalue weighted by Crippen LogP contribution is -2.40. The number of pyridine rings is 2. The first kappa shape index (κ1) is 22.3. The summed E-state index contributed by atoms with van der Waals surface area (Å²) in [6.45, 7) is 1.37. The van der Waals surface area contributed by atoms with E-state index in [0.29, 0.717) is 28.7 Å². The van der Waals surface area contributed by atoms with Crippen LogP contribution in [0.2, 0.25) is 0 Å². The summed E-state index contributed by atoms with van der Waals surface area (Å²) in [5.41, 5.74) is 1.24. The molecule has 1 fully saturated rings. The van der Waals surface area contributed by atoms with Crippen molar-refractivity contribution in [3.63, 3.8) is 0 Å². The molecule has 0 spiro atoms. The molecule has 2 N–H and O–H groups in total. The van der Waals surface area contributed by atoms with E-state index < -0.39 is 0 Å². The molecular formula is C24H19BrFIN4O2. The van der Waals surface area contributed by atoms with Gasteiger partial charge in [0.25, 0.3) is 5.56 Å². The summed E-state index contributed by atoms with van der Waals surface area (Å²) >= 11 is 5.61. The van der Waals surface area contributed by atoms with Gasteiger partial charge < -0.3 is 15.2 Å². The van der Waals surface area contributed by atoms with Crippen LogP contribution in [0.25, 0.3) is 21.7 Å². The second kappa shape index (κ2) is 9.02. The molecule has 6 nitrogen and oxygen atoms in total. The van der Waals surface area contributed by atoms with Gasteiger partial charge >= 0.3 is 0 Å². The Balaban J connectivity index is 1.49. The van der Waals surface area contributed by atoms with Gasteiger partial charge in [-0.3, -0.25) is 9.59 Å². The van der Waals surface area contributed by atoms with Crippen LogP contribution in [0.1, 0.15) is 12.8 Å². The van der Waals surface area contributed by atoms with Crippen molar-refractivity contribution in [2.45, 2.75) is 12.8 Å². The number of nitrogens with zero attached hydrogens (tertiary/aromatic N) is 2. The first-order valence-corrected chi connectivity index (χ1v) is 12.4. The van der Waals surface area contributed by atoms with Gasteiger partial charge in [-0.15, -0.1) is 0 Å². The van der Waals surface area contributed by atoms with Crippen LogP contribution >= 0.6 is 38.5 Å². The normalized spacial score (nSPS) is 16.3. The van der Waals surface area contributed by atoms with Crippen molar-refractivity contribution in [3.8, 4) is 0 Å². The molecule has 3 heterocycles. The molecule has 9 heteroatoms. The number of fused-ring (bicyclic) bond motifs is 3. The van der Waals surface area contributed by atoms with Gasteiger partial charge in [-0.2, -0.15) is 0 Å². The Morgan fingerprint density at radius 3 is 2.79 bits per heavy atom. The molecule has 1 aliphatic heterocycles. The SMILES string of the molecule is O=C(Nc1nc2c(I)c[nH]c(=O)c2c2cc(Br)ccc12)[C@H]1CCCN(c2ccc(F)cc2)C1. The van der Waals surface area contributed by atoms with Crippen LogP contribution in [0.5, 0.6) is 0 Å². The second-order valence-corrected chi connectivity index (χ2v) is 10.2. The largest absolute Gasteiger partial charge is 0.371 e. The number of nitrogens with one attached hydrogen (secondary N) is 2. The third-order valence-electron chi connectivity index (χ3n) is 5.98. The maximum atomic E-state index is 13.3. The highest BCUT2D eigenvalue weighted by Gasteiger charge is 2.27. The van der Waals surface area contributed by atoms with Crippen molar-refractivity contribution in [2.75, 3.05) is 23.3 Å². The predicted molar refractivity (Wildman–Crippen MR) is 140 cm³/mol. The number of aromatic amines is 1. The molecule has 2 aromatic heterocycles. The van der Waals surface area contributed by atoms with Crippen molar-refractivity contribution in [2.24, 2.45) is 5.92 Å². The zero-order chi connectivity index (χ0) is 23.1. The van der Waals surface area contributed by atoms with Crippen molar-refractivity contribution in [3.05, 3.63) is 72.9 Å². The Morgan fingerprint density at radius 1 is 1.21 bits per heavy atom. The van der Waals surface area contributed by atoms with Gasteiger partial charge in [0.05, 0.1) is 20.4 Å². The smallest absolute Gasteiger partial charge is 0.258 e. The van der Waals surface area contributed by atoms with Crippen LogP contribution in [-0.4, -0.2) is 29.0 Å². The number of amides is 1. The van der Waals surface area contributed by atoms with E-state index in [0.717, 1.165) is 38.5 Å². The van der Waals surface area contributed by atoms with E-state index in [1.54, 1.807) is 18.3 Å². The zero-order valence-electron chi connectivity index (χ0n) is 17.4. The molecule has 5 rings (SSSR count). The summed E-state index contributed by atoms with van der Waals surface area (Å²) in [7, 11) is 0. The Bertz CT molecular complexity index is 1440. The van der Waals surface area contributed by atoms with E-state index in [1.165, 1.54) is 12.1 Å². The van der Waals surface area contributed by atoms with Crippen molar-refractivity contribution in [1.29, 1.82) is 0 Å². The molecular weight excluding hydrogens is 602 g/mol. The second-order valence-electron chi connectivity index (χ2n) is 8.09. The number of anilines is 2. The number of benzene rings is 2. The third-order valence-corrected chi connectivity index (χ3v) is 7.29. The maximum Gasteiger partial charge on any atom is 0.258 e. The lowest BCUT2D eigenvalue weighted by atomic mass is 9.96. The minimum Gasteiger partial charge on any atom is -0.371 e. The Labute approximate surface area is 210 Å². The van der Waals surface area contributed by atoms with Crippen LogP contribution in [0.15, 0.2) is 57.9 Å². The van der Waals surface area contributed by atoms with E-state index in [-0.39, 0.29) is 23.2 Å². The van der Waals surface area contributed by atoms with Gasteiger partial charge in [-0.25, -0.2) is 9.37 Å². The first-order chi connectivity index (χ1) is 15.9. The number of hydrogen-bond acceptors (Lipinski definition) is 4.